The van der Waals surface area contributed by atoms with E-state index in [1.54, 1.807) is 14.2 Å². The fraction of sp³-hybridized carbons (Fsp3) is 0.500. The van der Waals surface area contributed by atoms with Crippen molar-refractivity contribution >= 4 is 17.3 Å². The van der Waals surface area contributed by atoms with Crippen molar-refractivity contribution in [3.8, 4) is 11.5 Å². The van der Waals surface area contributed by atoms with Gasteiger partial charge in [0.05, 0.1) is 19.8 Å². The molecule has 2 aromatic carbocycles. The fourth-order valence-corrected chi connectivity index (χ4v) is 4.88. The minimum atomic E-state index is -0.233. The summed E-state index contributed by atoms with van der Waals surface area (Å²) in [5, 5.41) is 13.8. The highest BCUT2D eigenvalue weighted by molar-refractivity contribution is 6.30. The summed E-state index contributed by atoms with van der Waals surface area (Å²) in [7, 11) is 3.34. The second-order valence-corrected chi connectivity index (χ2v) is 9.99. The minimum Gasteiger partial charge on any atom is -0.493 e. The molecule has 1 atom stereocenters. The number of anilines is 1. The van der Waals surface area contributed by atoms with E-state index in [0.29, 0.717) is 11.5 Å². The molecule has 0 saturated carbocycles. The summed E-state index contributed by atoms with van der Waals surface area (Å²) in [6.07, 6.45) is 0.898. The Balaban J connectivity index is 1.74. The smallest absolute Gasteiger partial charge is 0.173 e. The average molecular weight is 499 g/mol. The zero-order valence-electron chi connectivity index (χ0n) is 21.5. The molecule has 188 valence electrons. The standard InChI is InChI=1S/C26H35ClN6O2/c1-7-26(3,4)33-25(28-29-30-33)23(20-9-8-10-22(34-5)24(20)35-6)32-15-13-31(14-16-32)21-17-19(27)12-11-18(21)2/h8-12,17,23H,7,13-16H2,1-6H3/t23-/m1/s1. The molecular formula is C26H35ClN6O2. The molecule has 4 rings (SSSR count). The van der Waals surface area contributed by atoms with Gasteiger partial charge in [0.1, 0.15) is 6.04 Å². The summed E-state index contributed by atoms with van der Waals surface area (Å²) in [5.74, 6) is 2.20. The molecule has 2 heterocycles. The Morgan fingerprint density at radius 2 is 1.80 bits per heavy atom. The number of hydrogen-bond donors (Lipinski definition) is 0. The van der Waals surface area contributed by atoms with Crippen molar-refractivity contribution in [1.29, 1.82) is 0 Å². The first kappa shape index (κ1) is 25.3. The van der Waals surface area contributed by atoms with E-state index < -0.39 is 0 Å². The lowest BCUT2D eigenvalue weighted by Gasteiger charge is -2.41. The molecule has 0 spiro atoms. The van der Waals surface area contributed by atoms with Crippen LogP contribution in [0.2, 0.25) is 5.02 Å². The number of piperazine rings is 1. The van der Waals surface area contributed by atoms with Crippen molar-refractivity contribution in [2.24, 2.45) is 0 Å². The molecule has 8 nitrogen and oxygen atoms in total. The van der Waals surface area contributed by atoms with Gasteiger partial charge in [-0.1, -0.05) is 36.7 Å². The Morgan fingerprint density at radius 1 is 1.06 bits per heavy atom. The van der Waals surface area contributed by atoms with Crippen molar-refractivity contribution < 1.29 is 9.47 Å². The van der Waals surface area contributed by atoms with Crippen LogP contribution in [0.1, 0.15) is 50.2 Å². The maximum atomic E-state index is 6.31. The lowest BCUT2D eigenvalue weighted by atomic mass is 9.98. The van der Waals surface area contributed by atoms with Crippen molar-refractivity contribution in [2.45, 2.75) is 45.7 Å². The van der Waals surface area contributed by atoms with Crippen molar-refractivity contribution in [3.63, 3.8) is 0 Å². The molecule has 0 N–H and O–H groups in total. The van der Waals surface area contributed by atoms with E-state index in [0.717, 1.165) is 49.0 Å². The highest BCUT2D eigenvalue weighted by Crippen LogP contribution is 2.41. The van der Waals surface area contributed by atoms with E-state index in [9.17, 15) is 0 Å². The number of aromatic nitrogens is 4. The van der Waals surface area contributed by atoms with Crippen LogP contribution in [-0.2, 0) is 5.54 Å². The Labute approximate surface area is 212 Å². The Kier molecular flexibility index (Phi) is 7.52. The highest BCUT2D eigenvalue weighted by Gasteiger charge is 2.36. The summed E-state index contributed by atoms with van der Waals surface area (Å²) in [4.78, 5) is 4.83. The molecule has 0 bridgehead atoms. The minimum absolute atomic E-state index is 0.191. The van der Waals surface area contributed by atoms with Crippen LogP contribution in [-0.4, -0.2) is 65.5 Å². The molecule has 3 aromatic rings. The molecule has 1 aromatic heterocycles. The van der Waals surface area contributed by atoms with Gasteiger partial charge in [-0.2, -0.15) is 0 Å². The number of aryl methyl sites for hydroxylation is 1. The number of para-hydroxylation sites is 1. The topological polar surface area (TPSA) is 68.5 Å². The van der Waals surface area contributed by atoms with E-state index in [1.807, 2.05) is 22.9 Å². The number of nitrogens with zero attached hydrogens (tertiary/aromatic N) is 6. The van der Waals surface area contributed by atoms with E-state index in [4.69, 9.17) is 21.1 Å². The van der Waals surface area contributed by atoms with Gasteiger partial charge in [0.15, 0.2) is 17.3 Å². The molecule has 35 heavy (non-hydrogen) atoms. The average Bonchev–Trinajstić information content (AvgIpc) is 3.36. The largest absolute Gasteiger partial charge is 0.493 e. The summed E-state index contributed by atoms with van der Waals surface area (Å²) >= 11 is 6.31. The van der Waals surface area contributed by atoms with Crippen LogP contribution in [0.5, 0.6) is 11.5 Å². The van der Waals surface area contributed by atoms with Gasteiger partial charge in [-0.05, 0) is 61.4 Å². The fourth-order valence-electron chi connectivity index (χ4n) is 4.72. The first-order valence-corrected chi connectivity index (χ1v) is 12.4. The number of methoxy groups -OCH3 is 2. The summed E-state index contributed by atoms with van der Waals surface area (Å²) in [6, 6.07) is 11.9. The quantitative estimate of drug-likeness (QED) is 0.445. The molecule has 1 aliphatic rings. The SMILES string of the molecule is CCC(C)(C)n1nnnc1[C@@H](c1cccc(OC)c1OC)N1CCN(c2cc(Cl)ccc2C)CC1. The molecule has 1 aliphatic heterocycles. The van der Waals surface area contributed by atoms with Gasteiger partial charge >= 0.3 is 0 Å². The van der Waals surface area contributed by atoms with Crippen LogP contribution < -0.4 is 14.4 Å². The number of rotatable bonds is 8. The predicted molar refractivity (Wildman–Crippen MR) is 139 cm³/mol. The molecule has 0 unspecified atom stereocenters. The lowest BCUT2D eigenvalue weighted by Crippen LogP contribution is -2.49. The van der Waals surface area contributed by atoms with Gasteiger partial charge in [0.2, 0.25) is 0 Å². The number of tetrazole rings is 1. The van der Waals surface area contributed by atoms with Crippen LogP contribution in [0.3, 0.4) is 0 Å². The highest BCUT2D eigenvalue weighted by atomic mass is 35.5. The van der Waals surface area contributed by atoms with Gasteiger partial charge in [-0.25, -0.2) is 4.68 Å². The third kappa shape index (κ3) is 4.95. The zero-order valence-corrected chi connectivity index (χ0v) is 22.2. The molecule has 1 fully saturated rings. The van der Waals surface area contributed by atoms with E-state index in [1.165, 1.54) is 11.3 Å². The molecular weight excluding hydrogens is 464 g/mol. The normalized spacial score (nSPS) is 15.8. The van der Waals surface area contributed by atoms with Crippen LogP contribution in [0.25, 0.3) is 0 Å². The van der Waals surface area contributed by atoms with Gasteiger partial charge in [0, 0.05) is 42.5 Å². The lowest BCUT2D eigenvalue weighted by molar-refractivity contribution is 0.183. The number of ether oxygens (including phenoxy) is 2. The third-order valence-corrected chi connectivity index (χ3v) is 7.33. The van der Waals surface area contributed by atoms with Crippen molar-refractivity contribution in [1.82, 2.24) is 25.1 Å². The summed E-state index contributed by atoms with van der Waals surface area (Å²) < 4.78 is 13.4. The maximum absolute atomic E-state index is 6.31. The number of halogens is 1. The van der Waals surface area contributed by atoms with Gasteiger partial charge < -0.3 is 14.4 Å². The maximum Gasteiger partial charge on any atom is 0.173 e. The van der Waals surface area contributed by atoms with E-state index >= 15 is 0 Å². The Hall–Kier alpha value is -2.84. The molecule has 9 heteroatoms. The van der Waals surface area contributed by atoms with Crippen LogP contribution >= 0.6 is 11.6 Å². The number of hydrogen-bond acceptors (Lipinski definition) is 7. The first-order chi connectivity index (χ1) is 16.8. The van der Waals surface area contributed by atoms with Crippen LogP contribution in [0.4, 0.5) is 5.69 Å². The number of benzene rings is 2. The van der Waals surface area contributed by atoms with Crippen molar-refractivity contribution in [3.05, 3.63) is 58.4 Å². The monoisotopic (exact) mass is 498 g/mol. The van der Waals surface area contributed by atoms with Gasteiger partial charge in [-0.3, -0.25) is 4.90 Å². The molecule has 0 radical (unpaired) electrons. The molecule has 0 aliphatic carbocycles. The second kappa shape index (κ2) is 10.4. The van der Waals surface area contributed by atoms with Crippen molar-refractivity contribution in [2.75, 3.05) is 45.3 Å². The predicted octanol–water partition coefficient (Wildman–Crippen LogP) is 4.71. The zero-order chi connectivity index (χ0) is 25.2. The summed E-state index contributed by atoms with van der Waals surface area (Å²) in [6.45, 7) is 12.0. The third-order valence-electron chi connectivity index (χ3n) is 7.10. The Bertz CT molecular complexity index is 1160. The first-order valence-electron chi connectivity index (χ1n) is 12.1. The van der Waals surface area contributed by atoms with E-state index in [-0.39, 0.29) is 11.6 Å². The van der Waals surface area contributed by atoms with E-state index in [2.05, 4.69) is 71.2 Å². The molecule has 0 amide bonds. The Morgan fingerprint density at radius 3 is 2.46 bits per heavy atom. The van der Waals surface area contributed by atoms with Crippen LogP contribution in [0, 0.1) is 6.92 Å². The second-order valence-electron chi connectivity index (χ2n) is 9.55. The van der Waals surface area contributed by atoms with Gasteiger partial charge in [-0.15, -0.1) is 5.10 Å². The van der Waals surface area contributed by atoms with Gasteiger partial charge in [0.25, 0.3) is 0 Å². The summed E-state index contributed by atoms with van der Waals surface area (Å²) in [5.41, 5.74) is 3.16. The van der Waals surface area contributed by atoms with Crippen LogP contribution in [0.15, 0.2) is 36.4 Å². The molecule has 1 saturated heterocycles.